The molecule has 0 fully saturated rings. The maximum absolute atomic E-state index is 11.6. The summed E-state index contributed by atoms with van der Waals surface area (Å²) >= 11 is 0. The number of carbonyl (C=O) groups excluding carboxylic acids is 1. The molecule has 5 nitrogen and oxygen atoms in total. The average Bonchev–Trinajstić information content (AvgIpc) is 2.18. The molecule has 0 aliphatic heterocycles. The summed E-state index contributed by atoms with van der Waals surface area (Å²) in [6.07, 6.45) is 0. The number of anilines is 2. The molecule has 0 heterocycles. The minimum atomic E-state index is -0.276. The first-order valence-corrected chi connectivity index (χ1v) is 5.34. The Labute approximate surface area is 101 Å². The maximum Gasteiger partial charge on any atom is 0.319 e. The smallest absolute Gasteiger partial charge is 0.319 e. The van der Waals surface area contributed by atoms with E-state index in [1.807, 2.05) is 20.8 Å². The Morgan fingerprint density at radius 2 is 2.00 bits per heavy atom. The lowest BCUT2D eigenvalue weighted by Crippen LogP contribution is -2.43. The Kier molecular flexibility index (Phi) is 3.83. The summed E-state index contributed by atoms with van der Waals surface area (Å²) in [5.74, 6) is 0.540. The lowest BCUT2D eigenvalue weighted by Gasteiger charge is -2.21. The highest BCUT2D eigenvalue weighted by Crippen LogP contribution is 2.24. The van der Waals surface area contributed by atoms with Gasteiger partial charge in [-0.15, -0.1) is 0 Å². The van der Waals surface area contributed by atoms with Crippen LogP contribution in [0.5, 0.6) is 5.75 Å². The van der Waals surface area contributed by atoms with Gasteiger partial charge in [0.2, 0.25) is 0 Å². The van der Waals surface area contributed by atoms with Crippen LogP contribution < -0.4 is 21.1 Å². The van der Waals surface area contributed by atoms with E-state index in [0.29, 0.717) is 17.1 Å². The SMILES string of the molecule is COc1cc(NC(=O)NC(C)(C)C)ccc1N. The van der Waals surface area contributed by atoms with Crippen molar-refractivity contribution in [3.05, 3.63) is 18.2 Å². The number of ether oxygens (including phenoxy) is 1. The van der Waals surface area contributed by atoms with Crippen molar-refractivity contribution in [3.8, 4) is 5.75 Å². The van der Waals surface area contributed by atoms with Gasteiger partial charge in [0.1, 0.15) is 5.75 Å². The molecule has 0 saturated carbocycles. The summed E-state index contributed by atoms with van der Waals surface area (Å²) in [4.78, 5) is 11.6. The van der Waals surface area contributed by atoms with Crippen LogP contribution in [0.1, 0.15) is 20.8 Å². The zero-order valence-corrected chi connectivity index (χ0v) is 10.6. The van der Waals surface area contributed by atoms with Crippen LogP contribution in [0, 0.1) is 0 Å². The fraction of sp³-hybridized carbons (Fsp3) is 0.417. The number of urea groups is 1. The summed E-state index contributed by atoms with van der Waals surface area (Å²) in [5, 5.41) is 5.51. The largest absolute Gasteiger partial charge is 0.495 e. The molecule has 0 aliphatic carbocycles. The van der Waals surface area contributed by atoms with E-state index in [1.165, 1.54) is 7.11 Å². The predicted molar refractivity (Wildman–Crippen MR) is 69.3 cm³/mol. The molecule has 2 amide bonds. The van der Waals surface area contributed by atoms with Crippen LogP contribution in [-0.4, -0.2) is 18.7 Å². The van der Waals surface area contributed by atoms with Crippen LogP contribution in [0.25, 0.3) is 0 Å². The highest BCUT2D eigenvalue weighted by atomic mass is 16.5. The van der Waals surface area contributed by atoms with Gasteiger partial charge in [-0.2, -0.15) is 0 Å². The first-order chi connectivity index (χ1) is 7.81. The van der Waals surface area contributed by atoms with E-state index in [1.54, 1.807) is 18.2 Å². The molecule has 1 aromatic rings. The van der Waals surface area contributed by atoms with Gasteiger partial charge in [0.25, 0.3) is 0 Å². The van der Waals surface area contributed by atoms with Crippen molar-refractivity contribution < 1.29 is 9.53 Å². The van der Waals surface area contributed by atoms with Crippen LogP contribution in [0.4, 0.5) is 16.2 Å². The lowest BCUT2D eigenvalue weighted by molar-refractivity contribution is 0.244. The van der Waals surface area contributed by atoms with Crippen molar-refractivity contribution in [3.63, 3.8) is 0 Å². The first kappa shape index (κ1) is 13.2. The number of hydrogen-bond donors (Lipinski definition) is 3. The number of nitrogens with one attached hydrogen (secondary N) is 2. The number of amides is 2. The third-order valence-electron chi connectivity index (χ3n) is 1.98. The summed E-state index contributed by atoms with van der Waals surface area (Å²) in [6.45, 7) is 5.74. The summed E-state index contributed by atoms with van der Waals surface area (Å²) in [7, 11) is 1.53. The molecule has 0 bridgehead atoms. The molecule has 4 N–H and O–H groups in total. The normalized spacial score (nSPS) is 10.8. The topological polar surface area (TPSA) is 76.4 Å². The highest BCUT2D eigenvalue weighted by molar-refractivity contribution is 5.90. The number of hydrogen-bond acceptors (Lipinski definition) is 3. The Hall–Kier alpha value is -1.91. The molecule has 0 unspecified atom stereocenters. The lowest BCUT2D eigenvalue weighted by atomic mass is 10.1. The Morgan fingerprint density at radius 1 is 1.35 bits per heavy atom. The third-order valence-corrected chi connectivity index (χ3v) is 1.98. The van der Waals surface area contributed by atoms with Crippen molar-refractivity contribution >= 4 is 17.4 Å². The fourth-order valence-electron chi connectivity index (χ4n) is 1.29. The fourth-order valence-corrected chi connectivity index (χ4v) is 1.29. The molecule has 1 rings (SSSR count). The number of nitrogen functional groups attached to an aromatic ring is 1. The molecule has 0 atom stereocenters. The van der Waals surface area contributed by atoms with Gasteiger partial charge in [0.05, 0.1) is 12.8 Å². The Morgan fingerprint density at radius 3 is 2.53 bits per heavy atom. The standard InChI is InChI=1S/C12H19N3O2/c1-12(2,3)15-11(16)14-8-5-6-9(13)10(7-8)17-4/h5-7H,13H2,1-4H3,(H2,14,15,16). The van der Waals surface area contributed by atoms with Gasteiger partial charge in [0.15, 0.2) is 0 Å². The molecule has 17 heavy (non-hydrogen) atoms. The number of benzene rings is 1. The number of rotatable bonds is 2. The quantitative estimate of drug-likeness (QED) is 0.690. The molecule has 0 radical (unpaired) electrons. The number of methoxy groups -OCH3 is 1. The van der Waals surface area contributed by atoms with Crippen LogP contribution >= 0.6 is 0 Å². The van der Waals surface area contributed by atoms with Crippen LogP contribution in [0.3, 0.4) is 0 Å². The second kappa shape index (κ2) is 4.95. The second-order valence-corrected chi connectivity index (χ2v) is 4.79. The van der Waals surface area contributed by atoms with E-state index < -0.39 is 0 Å². The van der Waals surface area contributed by atoms with Crippen LogP contribution in [0.15, 0.2) is 18.2 Å². The summed E-state index contributed by atoms with van der Waals surface area (Å²) in [5.41, 5.74) is 6.58. The van der Waals surface area contributed by atoms with Crippen molar-refractivity contribution in [1.29, 1.82) is 0 Å². The molecule has 0 saturated heterocycles. The molecular formula is C12H19N3O2. The first-order valence-electron chi connectivity index (χ1n) is 5.34. The predicted octanol–water partition coefficient (Wildman–Crippen LogP) is 2.20. The minimum absolute atomic E-state index is 0.260. The van der Waals surface area contributed by atoms with Gasteiger partial charge < -0.3 is 21.1 Å². The molecule has 0 aliphatic rings. The average molecular weight is 237 g/mol. The molecular weight excluding hydrogens is 218 g/mol. The van der Waals surface area contributed by atoms with Gasteiger partial charge in [-0.25, -0.2) is 4.79 Å². The van der Waals surface area contributed by atoms with Crippen molar-refractivity contribution in [2.45, 2.75) is 26.3 Å². The van der Waals surface area contributed by atoms with Gasteiger partial charge in [-0.1, -0.05) is 0 Å². The number of nitrogens with two attached hydrogens (primary N) is 1. The highest BCUT2D eigenvalue weighted by Gasteiger charge is 2.13. The second-order valence-electron chi connectivity index (χ2n) is 4.79. The van der Waals surface area contributed by atoms with Crippen LogP contribution in [0.2, 0.25) is 0 Å². The van der Waals surface area contributed by atoms with E-state index in [4.69, 9.17) is 10.5 Å². The van der Waals surface area contributed by atoms with E-state index in [2.05, 4.69) is 10.6 Å². The summed E-state index contributed by atoms with van der Waals surface area (Å²) in [6, 6.07) is 4.83. The molecule has 0 aromatic heterocycles. The van der Waals surface area contributed by atoms with Crippen molar-refractivity contribution in [2.24, 2.45) is 0 Å². The number of carbonyl (C=O) groups is 1. The van der Waals surface area contributed by atoms with Crippen molar-refractivity contribution in [1.82, 2.24) is 5.32 Å². The van der Waals surface area contributed by atoms with Gasteiger partial charge in [-0.3, -0.25) is 0 Å². The minimum Gasteiger partial charge on any atom is -0.495 e. The van der Waals surface area contributed by atoms with Gasteiger partial charge >= 0.3 is 6.03 Å². The third kappa shape index (κ3) is 4.22. The molecule has 94 valence electrons. The zero-order valence-electron chi connectivity index (χ0n) is 10.6. The van der Waals surface area contributed by atoms with E-state index in [0.717, 1.165) is 0 Å². The molecule has 0 spiro atoms. The zero-order chi connectivity index (χ0) is 13.1. The van der Waals surface area contributed by atoms with E-state index >= 15 is 0 Å². The Balaban J connectivity index is 2.72. The maximum atomic E-state index is 11.6. The Bertz CT molecular complexity index is 411. The van der Waals surface area contributed by atoms with Crippen molar-refractivity contribution in [2.75, 3.05) is 18.2 Å². The van der Waals surface area contributed by atoms with E-state index in [9.17, 15) is 4.79 Å². The van der Waals surface area contributed by atoms with Gasteiger partial charge in [-0.05, 0) is 32.9 Å². The molecule has 1 aromatic carbocycles. The monoisotopic (exact) mass is 237 g/mol. The van der Waals surface area contributed by atoms with Gasteiger partial charge in [0, 0.05) is 17.3 Å². The summed E-state index contributed by atoms with van der Waals surface area (Å²) < 4.78 is 5.07. The van der Waals surface area contributed by atoms with E-state index in [-0.39, 0.29) is 11.6 Å². The van der Waals surface area contributed by atoms with Crippen LogP contribution in [-0.2, 0) is 0 Å². The molecule has 5 heteroatoms.